The van der Waals surface area contributed by atoms with E-state index in [9.17, 15) is 9.59 Å². The highest BCUT2D eigenvalue weighted by molar-refractivity contribution is 5.95. The Morgan fingerprint density at radius 3 is 2.68 bits per heavy atom. The van der Waals surface area contributed by atoms with E-state index in [-0.39, 0.29) is 24.4 Å². The zero-order valence-corrected chi connectivity index (χ0v) is 14.1. The second-order valence-electron chi connectivity index (χ2n) is 5.93. The standard InChI is InChI=1S/C19H21N3O3/c1-14(22-11-10-20-18(23)13-22)19(24)21-15-6-5-9-17(12-15)25-16-7-3-2-4-8-16/h2-9,12,14H,10-11,13H2,1H3,(H,20,23)(H,21,24)/t14-/m0/s1. The number of carbonyl (C=O) groups excluding carboxylic acids is 2. The van der Waals surface area contributed by atoms with Crippen LogP contribution in [0.1, 0.15) is 6.92 Å². The lowest BCUT2D eigenvalue weighted by molar-refractivity contribution is -0.127. The molecule has 1 saturated heterocycles. The SMILES string of the molecule is C[C@@H](C(=O)Nc1cccc(Oc2ccccc2)c1)N1CCNC(=O)C1. The van der Waals surface area contributed by atoms with Crippen molar-refractivity contribution in [3.05, 3.63) is 54.6 Å². The van der Waals surface area contributed by atoms with Crippen LogP contribution < -0.4 is 15.4 Å². The monoisotopic (exact) mass is 339 g/mol. The molecule has 1 heterocycles. The van der Waals surface area contributed by atoms with E-state index in [0.717, 1.165) is 5.75 Å². The van der Waals surface area contributed by atoms with Gasteiger partial charge in [0.2, 0.25) is 11.8 Å². The van der Waals surface area contributed by atoms with E-state index in [4.69, 9.17) is 4.74 Å². The van der Waals surface area contributed by atoms with Crippen LogP contribution in [0.4, 0.5) is 5.69 Å². The van der Waals surface area contributed by atoms with E-state index >= 15 is 0 Å². The number of nitrogens with zero attached hydrogens (tertiary/aromatic N) is 1. The quantitative estimate of drug-likeness (QED) is 0.876. The Morgan fingerprint density at radius 1 is 1.16 bits per heavy atom. The van der Waals surface area contributed by atoms with Crippen LogP contribution in [-0.2, 0) is 9.59 Å². The first-order valence-electron chi connectivity index (χ1n) is 8.26. The molecule has 6 nitrogen and oxygen atoms in total. The average Bonchev–Trinajstić information content (AvgIpc) is 2.62. The van der Waals surface area contributed by atoms with E-state index < -0.39 is 0 Å². The Balaban J connectivity index is 1.63. The maximum atomic E-state index is 12.5. The van der Waals surface area contributed by atoms with E-state index in [1.54, 1.807) is 13.0 Å². The first-order valence-corrected chi connectivity index (χ1v) is 8.26. The number of ether oxygens (including phenoxy) is 1. The molecule has 1 fully saturated rings. The summed E-state index contributed by atoms with van der Waals surface area (Å²) in [6, 6.07) is 16.3. The smallest absolute Gasteiger partial charge is 0.241 e. The van der Waals surface area contributed by atoms with Gasteiger partial charge in [0, 0.05) is 24.8 Å². The number of piperazine rings is 1. The molecule has 25 heavy (non-hydrogen) atoms. The highest BCUT2D eigenvalue weighted by atomic mass is 16.5. The Bertz CT molecular complexity index is 749. The second kappa shape index (κ2) is 7.81. The third-order valence-corrected chi connectivity index (χ3v) is 4.08. The summed E-state index contributed by atoms with van der Waals surface area (Å²) in [6.07, 6.45) is 0. The van der Waals surface area contributed by atoms with Gasteiger partial charge in [-0.25, -0.2) is 0 Å². The van der Waals surface area contributed by atoms with Crippen LogP contribution in [0.5, 0.6) is 11.5 Å². The molecule has 0 saturated carbocycles. The number of anilines is 1. The van der Waals surface area contributed by atoms with Crippen molar-refractivity contribution in [3.8, 4) is 11.5 Å². The van der Waals surface area contributed by atoms with Crippen LogP contribution in [-0.4, -0.2) is 42.4 Å². The van der Waals surface area contributed by atoms with Gasteiger partial charge in [-0.3, -0.25) is 14.5 Å². The second-order valence-corrected chi connectivity index (χ2v) is 5.93. The number of hydrogen-bond donors (Lipinski definition) is 2. The Labute approximate surface area is 146 Å². The van der Waals surface area contributed by atoms with Gasteiger partial charge in [0.25, 0.3) is 0 Å². The fourth-order valence-corrected chi connectivity index (χ4v) is 2.66. The van der Waals surface area contributed by atoms with Crippen LogP contribution in [0.15, 0.2) is 54.6 Å². The van der Waals surface area contributed by atoms with E-state index in [1.165, 1.54) is 0 Å². The van der Waals surface area contributed by atoms with Crippen molar-refractivity contribution in [2.75, 3.05) is 25.0 Å². The molecule has 1 atom stereocenters. The number of hydrogen-bond acceptors (Lipinski definition) is 4. The minimum absolute atomic E-state index is 0.0517. The molecule has 0 aromatic heterocycles. The van der Waals surface area contributed by atoms with Crippen LogP contribution in [0, 0.1) is 0 Å². The summed E-state index contributed by atoms with van der Waals surface area (Å²) in [4.78, 5) is 25.8. The number of benzene rings is 2. The molecule has 2 N–H and O–H groups in total. The van der Waals surface area contributed by atoms with Crippen molar-refractivity contribution in [1.82, 2.24) is 10.2 Å². The summed E-state index contributed by atoms with van der Waals surface area (Å²) >= 11 is 0. The molecule has 0 bridgehead atoms. The van der Waals surface area contributed by atoms with Crippen molar-refractivity contribution < 1.29 is 14.3 Å². The van der Waals surface area contributed by atoms with Crippen molar-refractivity contribution >= 4 is 17.5 Å². The van der Waals surface area contributed by atoms with Gasteiger partial charge in [0.15, 0.2) is 0 Å². The first-order chi connectivity index (χ1) is 12.1. The molecule has 2 aromatic carbocycles. The molecule has 2 aromatic rings. The predicted molar refractivity (Wildman–Crippen MR) is 95.6 cm³/mol. The van der Waals surface area contributed by atoms with Crippen molar-refractivity contribution in [2.24, 2.45) is 0 Å². The maximum Gasteiger partial charge on any atom is 0.241 e. The summed E-state index contributed by atoms with van der Waals surface area (Å²) in [5, 5.41) is 5.64. The zero-order valence-electron chi connectivity index (χ0n) is 14.1. The van der Waals surface area contributed by atoms with Gasteiger partial charge in [0.05, 0.1) is 12.6 Å². The van der Waals surface area contributed by atoms with E-state index in [1.807, 2.05) is 53.4 Å². The average molecular weight is 339 g/mol. The highest BCUT2D eigenvalue weighted by Gasteiger charge is 2.25. The molecule has 3 rings (SSSR count). The van der Waals surface area contributed by atoms with Crippen LogP contribution in [0.3, 0.4) is 0 Å². The lowest BCUT2D eigenvalue weighted by Gasteiger charge is -2.31. The number of nitrogens with one attached hydrogen (secondary N) is 2. The van der Waals surface area contributed by atoms with Gasteiger partial charge < -0.3 is 15.4 Å². The minimum atomic E-state index is -0.384. The maximum absolute atomic E-state index is 12.5. The molecule has 0 unspecified atom stereocenters. The molecule has 2 amide bonds. The Kier molecular flexibility index (Phi) is 5.30. The molecular weight excluding hydrogens is 318 g/mol. The van der Waals surface area contributed by atoms with Crippen LogP contribution in [0.25, 0.3) is 0 Å². The fourth-order valence-electron chi connectivity index (χ4n) is 2.66. The van der Waals surface area contributed by atoms with Gasteiger partial charge >= 0.3 is 0 Å². The number of rotatable bonds is 5. The summed E-state index contributed by atoms with van der Waals surface area (Å²) in [5.41, 5.74) is 0.659. The third-order valence-electron chi connectivity index (χ3n) is 4.08. The largest absolute Gasteiger partial charge is 0.457 e. The summed E-state index contributed by atoms with van der Waals surface area (Å²) in [7, 11) is 0. The first kappa shape index (κ1) is 17.0. The molecule has 0 spiro atoms. The lowest BCUT2D eigenvalue weighted by atomic mass is 10.2. The number of para-hydroxylation sites is 1. The number of amides is 2. The zero-order chi connectivity index (χ0) is 17.6. The molecule has 6 heteroatoms. The minimum Gasteiger partial charge on any atom is -0.457 e. The summed E-state index contributed by atoms with van der Waals surface area (Å²) < 4.78 is 5.78. The highest BCUT2D eigenvalue weighted by Crippen LogP contribution is 2.24. The fraction of sp³-hybridized carbons (Fsp3) is 0.263. The predicted octanol–water partition coefficient (Wildman–Crippen LogP) is 2.24. The topological polar surface area (TPSA) is 70.7 Å². The molecule has 0 radical (unpaired) electrons. The molecule has 0 aliphatic carbocycles. The van der Waals surface area contributed by atoms with E-state index in [2.05, 4.69) is 10.6 Å². The van der Waals surface area contributed by atoms with Crippen LogP contribution in [0.2, 0.25) is 0 Å². The summed E-state index contributed by atoms with van der Waals surface area (Å²) in [6.45, 7) is 3.28. The summed E-state index contributed by atoms with van der Waals surface area (Å²) in [5.74, 6) is 1.18. The van der Waals surface area contributed by atoms with E-state index in [0.29, 0.717) is 24.5 Å². The van der Waals surface area contributed by atoms with Crippen molar-refractivity contribution in [2.45, 2.75) is 13.0 Å². The normalized spacial score (nSPS) is 16.0. The number of carbonyl (C=O) groups is 2. The van der Waals surface area contributed by atoms with Crippen LogP contribution >= 0.6 is 0 Å². The van der Waals surface area contributed by atoms with Gasteiger partial charge in [-0.05, 0) is 31.2 Å². The Hall–Kier alpha value is -2.86. The van der Waals surface area contributed by atoms with Crippen molar-refractivity contribution in [1.29, 1.82) is 0 Å². The molecular formula is C19H21N3O3. The van der Waals surface area contributed by atoms with Crippen molar-refractivity contribution in [3.63, 3.8) is 0 Å². The molecule has 1 aliphatic rings. The molecule has 130 valence electrons. The third kappa shape index (κ3) is 4.58. The Morgan fingerprint density at radius 2 is 1.92 bits per heavy atom. The van der Waals surface area contributed by atoms with Gasteiger partial charge in [-0.15, -0.1) is 0 Å². The van der Waals surface area contributed by atoms with Gasteiger partial charge in [-0.1, -0.05) is 24.3 Å². The van der Waals surface area contributed by atoms with Gasteiger partial charge in [0.1, 0.15) is 11.5 Å². The molecule has 1 aliphatic heterocycles. The van der Waals surface area contributed by atoms with Gasteiger partial charge in [-0.2, -0.15) is 0 Å². The lowest BCUT2D eigenvalue weighted by Crippen LogP contribution is -2.53.